The zero-order valence-corrected chi connectivity index (χ0v) is 10.8. The van der Waals surface area contributed by atoms with E-state index in [9.17, 15) is 4.79 Å². The van der Waals surface area contributed by atoms with Crippen molar-refractivity contribution in [3.63, 3.8) is 0 Å². The molecule has 1 heterocycles. The molecule has 0 bridgehead atoms. The zero-order valence-electron chi connectivity index (χ0n) is 9.16. The molecule has 0 spiro atoms. The lowest BCUT2D eigenvalue weighted by molar-refractivity contribution is 0.519. The van der Waals surface area contributed by atoms with Gasteiger partial charge in [-0.25, -0.2) is 0 Å². The van der Waals surface area contributed by atoms with Gasteiger partial charge in [-0.05, 0) is 40.5 Å². The summed E-state index contributed by atoms with van der Waals surface area (Å²) in [6.07, 6.45) is 1.81. The van der Waals surface area contributed by atoms with Gasteiger partial charge in [-0.15, -0.1) is 0 Å². The van der Waals surface area contributed by atoms with E-state index in [2.05, 4.69) is 35.1 Å². The summed E-state index contributed by atoms with van der Waals surface area (Å²) in [6.45, 7) is 6.86. The van der Waals surface area contributed by atoms with E-state index in [-0.39, 0.29) is 5.56 Å². The van der Waals surface area contributed by atoms with E-state index < -0.39 is 0 Å². The molecular weight excluding hydrogens is 256 g/mol. The number of hydrogen-bond acceptors (Lipinski definition) is 2. The van der Waals surface area contributed by atoms with Crippen molar-refractivity contribution in [1.29, 1.82) is 0 Å². The number of pyridine rings is 1. The lowest BCUT2D eigenvalue weighted by Gasteiger charge is -2.09. The van der Waals surface area contributed by atoms with Gasteiger partial charge in [-0.2, -0.15) is 0 Å². The zero-order chi connectivity index (χ0) is 11.3. The Kier molecular flexibility index (Phi) is 5.05. The normalized spacial score (nSPS) is 10.9. The van der Waals surface area contributed by atoms with Gasteiger partial charge < -0.3 is 9.88 Å². The van der Waals surface area contributed by atoms with E-state index in [0.29, 0.717) is 16.9 Å². The number of nitrogens with one attached hydrogen (secondary N) is 1. The second-order valence-electron chi connectivity index (χ2n) is 3.95. The van der Waals surface area contributed by atoms with Crippen LogP contribution in [-0.4, -0.2) is 17.7 Å². The molecule has 0 amide bonds. The minimum absolute atomic E-state index is 0.0313. The van der Waals surface area contributed by atoms with Crippen molar-refractivity contribution in [2.45, 2.75) is 20.4 Å². The lowest BCUT2D eigenvalue weighted by Crippen LogP contribution is -2.28. The predicted molar refractivity (Wildman–Crippen MR) is 66.1 cm³/mol. The predicted octanol–water partition coefficient (Wildman–Crippen LogP) is 1.86. The van der Waals surface area contributed by atoms with Crippen LogP contribution in [0.2, 0.25) is 0 Å². The van der Waals surface area contributed by atoms with Crippen molar-refractivity contribution in [1.82, 2.24) is 9.88 Å². The molecule has 0 aliphatic carbocycles. The Morgan fingerprint density at radius 1 is 1.53 bits per heavy atom. The molecule has 1 aromatic rings. The Labute approximate surface area is 98.6 Å². The third-order valence-corrected chi connectivity index (χ3v) is 2.66. The van der Waals surface area contributed by atoms with Crippen LogP contribution < -0.4 is 10.9 Å². The second kappa shape index (κ2) is 6.08. The third-order valence-electron chi connectivity index (χ3n) is 2.06. The minimum atomic E-state index is 0.0313. The van der Waals surface area contributed by atoms with Crippen LogP contribution in [0.1, 0.15) is 13.8 Å². The van der Waals surface area contributed by atoms with Crippen LogP contribution in [0, 0.1) is 5.92 Å². The number of rotatable bonds is 5. The quantitative estimate of drug-likeness (QED) is 0.831. The first-order chi connectivity index (χ1) is 7.11. The fourth-order valence-electron chi connectivity index (χ4n) is 1.27. The van der Waals surface area contributed by atoms with E-state index in [1.165, 1.54) is 0 Å². The van der Waals surface area contributed by atoms with Gasteiger partial charge in [0.2, 0.25) is 0 Å². The Balaban J connectivity index is 2.44. The van der Waals surface area contributed by atoms with Crippen LogP contribution in [0.15, 0.2) is 27.6 Å². The number of hydrogen-bond donors (Lipinski definition) is 1. The van der Waals surface area contributed by atoms with Crippen molar-refractivity contribution in [3.05, 3.63) is 33.2 Å². The maximum absolute atomic E-state index is 11.6. The topological polar surface area (TPSA) is 34.0 Å². The highest BCUT2D eigenvalue weighted by Crippen LogP contribution is 2.00. The van der Waals surface area contributed by atoms with E-state index in [1.807, 2.05) is 12.3 Å². The van der Waals surface area contributed by atoms with Crippen LogP contribution in [0.3, 0.4) is 0 Å². The molecule has 4 heteroatoms. The van der Waals surface area contributed by atoms with Gasteiger partial charge in [-0.3, -0.25) is 4.79 Å². The molecule has 0 aliphatic rings. The number of aromatic nitrogens is 1. The van der Waals surface area contributed by atoms with E-state index >= 15 is 0 Å². The van der Waals surface area contributed by atoms with E-state index in [0.717, 1.165) is 13.1 Å². The number of halogens is 1. The SMILES string of the molecule is CC(C)CNCCn1cccc(Br)c1=O. The Morgan fingerprint density at radius 3 is 2.93 bits per heavy atom. The van der Waals surface area contributed by atoms with Gasteiger partial charge in [0.1, 0.15) is 0 Å². The van der Waals surface area contributed by atoms with Crippen LogP contribution in [-0.2, 0) is 6.54 Å². The molecule has 84 valence electrons. The van der Waals surface area contributed by atoms with Gasteiger partial charge in [-0.1, -0.05) is 13.8 Å². The highest BCUT2D eigenvalue weighted by Gasteiger charge is 1.99. The van der Waals surface area contributed by atoms with Gasteiger partial charge in [0.25, 0.3) is 5.56 Å². The van der Waals surface area contributed by atoms with Crippen molar-refractivity contribution < 1.29 is 0 Å². The highest BCUT2D eigenvalue weighted by molar-refractivity contribution is 9.10. The summed E-state index contributed by atoms with van der Waals surface area (Å²) in [7, 11) is 0. The molecule has 0 saturated heterocycles. The Bertz CT molecular complexity index is 360. The highest BCUT2D eigenvalue weighted by atomic mass is 79.9. The maximum atomic E-state index is 11.6. The second-order valence-corrected chi connectivity index (χ2v) is 4.81. The first-order valence-corrected chi connectivity index (χ1v) is 5.96. The van der Waals surface area contributed by atoms with Crippen LogP contribution >= 0.6 is 15.9 Å². The molecule has 1 aromatic heterocycles. The summed E-state index contributed by atoms with van der Waals surface area (Å²) in [5.74, 6) is 0.643. The van der Waals surface area contributed by atoms with Crippen molar-refractivity contribution in [3.8, 4) is 0 Å². The van der Waals surface area contributed by atoms with E-state index in [4.69, 9.17) is 0 Å². The summed E-state index contributed by atoms with van der Waals surface area (Å²) < 4.78 is 2.33. The monoisotopic (exact) mass is 272 g/mol. The molecule has 3 nitrogen and oxygen atoms in total. The molecule has 0 aromatic carbocycles. The molecule has 1 N–H and O–H groups in total. The molecule has 0 fully saturated rings. The lowest BCUT2D eigenvalue weighted by atomic mass is 10.2. The maximum Gasteiger partial charge on any atom is 0.264 e. The average Bonchev–Trinajstić information content (AvgIpc) is 2.18. The van der Waals surface area contributed by atoms with Crippen molar-refractivity contribution >= 4 is 15.9 Å². The summed E-state index contributed by atoms with van der Waals surface area (Å²) in [5, 5.41) is 3.30. The summed E-state index contributed by atoms with van der Waals surface area (Å²) in [4.78, 5) is 11.6. The van der Waals surface area contributed by atoms with Crippen LogP contribution in [0.5, 0.6) is 0 Å². The summed E-state index contributed by atoms with van der Waals surface area (Å²) in [6, 6.07) is 3.63. The Hall–Kier alpha value is -0.610. The smallest absolute Gasteiger partial charge is 0.264 e. The molecule has 0 unspecified atom stereocenters. The van der Waals surface area contributed by atoms with Crippen LogP contribution in [0.4, 0.5) is 0 Å². The summed E-state index contributed by atoms with van der Waals surface area (Å²) in [5.41, 5.74) is 0.0313. The molecule has 0 radical (unpaired) electrons. The van der Waals surface area contributed by atoms with Crippen molar-refractivity contribution in [2.75, 3.05) is 13.1 Å². The molecule has 1 rings (SSSR count). The molecule has 0 saturated carbocycles. The fraction of sp³-hybridized carbons (Fsp3) is 0.545. The molecule has 15 heavy (non-hydrogen) atoms. The first kappa shape index (κ1) is 12.5. The minimum Gasteiger partial charge on any atom is -0.315 e. The molecule has 0 atom stereocenters. The Morgan fingerprint density at radius 2 is 2.27 bits per heavy atom. The van der Waals surface area contributed by atoms with Crippen molar-refractivity contribution in [2.24, 2.45) is 5.92 Å². The van der Waals surface area contributed by atoms with Gasteiger partial charge in [0.05, 0.1) is 4.47 Å². The molecule has 0 aliphatic heterocycles. The van der Waals surface area contributed by atoms with Gasteiger partial charge >= 0.3 is 0 Å². The van der Waals surface area contributed by atoms with E-state index in [1.54, 1.807) is 10.6 Å². The van der Waals surface area contributed by atoms with Crippen LogP contribution in [0.25, 0.3) is 0 Å². The fourth-order valence-corrected chi connectivity index (χ4v) is 1.65. The average molecular weight is 273 g/mol. The van der Waals surface area contributed by atoms with Gasteiger partial charge in [0.15, 0.2) is 0 Å². The first-order valence-electron chi connectivity index (χ1n) is 5.17. The standard InChI is InChI=1S/C11H17BrN2O/c1-9(2)8-13-5-7-14-6-3-4-10(12)11(14)15/h3-4,6,9,13H,5,7-8H2,1-2H3. The van der Waals surface area contributed by atoms with Gasteiger partial charge in [0, 0.05) is 19.3 Å². The summed E-state index contributed by atoms with van der Waals surface area (Å²) >= 11 is 3.22. The third kappa shape index (κ3) is 4.18. The number of nitrogens with zero attached hydrogens (tertiary/aromatic N) is 1. The molecular formula is C11H17BrN2O. The largest absolute Gasteiger partial charge is 0.315 e.